The zero-order valence-electron chi connectivity index (χ0n) is 10.8. The standard InChI is InChI=1S/C10H18N4O2S.ClH/c1-4-14(5-2)8(15)6-17-10-13-12-9(16-10)7(3)11;/h7H,4-6,11H2,1-3H3;1H/t7-;/m0./s1. The molecule has 0 aliphatic rings. The highest BCUT2D eigenvalue weighted by atomic mass is 35.5. The smallest absolute Gasteiger partial charge is 0.277 e. The van der Waals surface area contributed by atoms with Gasteiger partial charge in [0.15, 0.2) is 0 Å². The van der Waals surface area contributed by atoms with Crippen molar-refractivity contribution in [2.75, 3.05) is 18.8 Å². The van der Waals surface area contributed by atoms with Gasteiger partial charge in [-0.3, -0.25) is 4.79 Å². The van der Waals surface area contributed by atoms with Gasteiger partial charge in [-0.15, -0.1) is 22.6 Å². The lowest BCUT2D eigenvalue weighted by atomic mass is 10.4. The predicted molar refractivity (Wildman–Crippen MR) is 72.8 cm³/mol. The van der Waals surface area contributed by atoms with Crippen molar-refractivity contribution in [3.8, 4) is 0 Å². The summed E-state index contributed by atoms with van der Waals surface area (Å²) in [5.74, 6) is 0.769. The van der Waals surface area contributed by atoms with E-state index in [0.717, 1.165) is 0 Å². The summed E-state index contributed by atoms with van der Waals surface area (Å²) in [4.78, 5) is 13.5. The summed E-state index contributed by atoms with van der Waals surface area (Å²) in [6, 6.07) is -0.282. The van der Waals surface area contributed by atoms with Gasteiger partial charge in [-0.05, 0) is 20.8 Å². The number of halogens is 1. The van der Waals surface area contributed by atoms with Crippen molar-refractivity contribution in [3.63, 3.8) is 0 Å². The summed E-state index contributed by atoms with van der Waals surface area (Å²) in [6.45, 7) is 7.10. The topological polar surface area (TPSA) is 85.2 Å². The number of carbonyl (C=O) groups excluding carboxylic acids is 1. The first kappa shape index (κ1) is 17.2. The van der Waals surface area contributed by atoms with Crippen LogP contribution in [0.2, 0.25) is 0 Å². The second-order valence-electron chi connectivity index (χ2n) is 3.55. The molecule has 0 unspecified atom stereocenters. The van der Waals surface area contributed by atoms with Crippen LogP contribution in [0.5, 0.6) is 0 Å². The maximum atomic E-state index is 11.7. The molecule has 1 heterocycles. The third-order valence-corrected chi connectivity index (χ3v) is 3.05. The number of carbonyl (C=O) groups is 1. The fraction of sp³-hybridized carbons (Fsp3) is 0.700. The van der Waals surface area contributed by atoms with E-state index >= 15 is 0 Å². The van der Waals surface area contributed by atoms with Gasteiger partial charge in [0.05, 0.1) is 11.8 Å². The number of thioether (sulfide) groups is 1. The second-order valence-corrected chi connectivity index (χ2v) is 4.48. The van der Waals surface area contributed by atoms with Gasteiger partial charge in [-0.1, -0.05) is 11.8 Å². The zero-order valence-corrected chi connectivity index (χ0v) is 12.4. The molecule has 18 heavy (non-hydrogen) atoms. The number of rotatable bonds is 6. The Morgan fingerprint density at radius 3 is 2.50 bits per heavy atom. The highest BCUT2D eigenvalue weighted by Crippen LogP contribution is 2.18. The Labute approximate surface area is 117 Å². The molecule has 1 amide bonds. The third-order valence-electron chi connectivity index (χ3n) is 2.25. The first-order chi connectivity index (χ1) is 8.08. The molecule has 0 bridgehead atoms. The summed E-state index contributed by atoms with van der Waals surface area (Å²) in [7, 11) is 0. The fourth-order valence-corrected chi connectivity index (χ4v) is 1.93. The number of nitrogens with two attached hydrogens (primary N) is 1. The lowest BCUT2D eigenvalue weighted by Gasteiger charge is -2.17. The summed E-state index contributed by atoms with van der Waals surface area (Å²) >= 11 is 1.24. The van der Waals surface area contributed by atoms with E-state index in [4.69, 9.17) is 10.2 Å². The highest BCUT2D eigenvalue weighted by Gasteiger charge is 2.14. The van der Waals surface area contributed by atoms with Crippen molar-refractivity contribution >= 4 is 30.1 Å². The van der Waals surface area contributed by atoms with E-state index in [2.05, 4.69) is 10.2 Å². The molecule has 8 heteroatoms. The molecule has 0 aliphatic carbocycles. The molecule has 0 saturated heterocycles. The van der Waals surface area contributed by atoms with Crippen LogP contribution >= 0.6 is 24.2 Å². The van der Waals surface area contributed by atoms with E-state index in [1.54, 1.807) is 11.8 Å². The Balaban J connectivity index is 0.00000289. The molecular formula is C10H19ClN4O2S. The van der Waals surface area contributed by atoms with Gasteiger partial charge in [-0.2, -0.15) is 0 Å². The summed E-state index contributed by atoms with van der Waals surface area (Å²) in [6.07, 6.45) is 0. The summed E-state index contributed by atoms with van der Waals surface area (Å²) in [5, 5.41) is 7.99. The average Bonchev–Trinajstić information content (AvgIpc) is 2.76. The van der Waals surface area contributed by atoms with Crippen LogP contribution in [-0.2, 0) is 4.79 Å². The van der Waals surface area contributed by atoms with E-state index in [1.807, 2.05) is 13.8 Å². The van der Waals surface area contributed by atoms with E-state index < -0.39 is 0 Å². The van der Waals surface area contributed by atoms with Gasteiger partial charge in [0.25, 0.3) is 5.22 Å². The fourth-order valence-electron chi connectivity index (χ4n) is 1.25. The molecule has 2 N–H and O–H groups in total. The van der Waals surface area contributed by atoms with Crippen LogP contribution in [0.25, 0.3) is 0 Å². The summed E-state index contributed by atoms with van der Waals surface area (Å²) in [5.41, 5.74) is 5.59. The lowest BCUT2D eigenvalue weighted by Crippen LogP contribution is -2.31. The van der Waals surface area contributed by atoms with Crippen molar-refractivity contribution in [3.05, 3.63) is 5.89 Å². The molecule has 0 radical (unpaired) electrons. The van der Waals surface area contributed by atoms with Crippen molar-refractivity contribution in [2.45, 2.75) is 32.0 Å². The zero-order chi connectivity index (χ0) is 12.8. The Hall–Kier alpha value is -0.790. The Morgan fingerprint density at radius 1 is 1.44 bits per heavy atom. The average molecular weight is 295 g/mol. The van der Waals surface area contributed by atoms with Crippen LogP contribution in [0.4, 0.5) is 0 Å². The molecule has 0 spiro atoms. The van der Waals surface area contributed by atoms with E-state index in [1.165, 1.54) is 11.8 Å². The van der Waals surface area contributed by atoms with Crippen LogP contribution in [0, 0.1) is 0 Å². The largest absolute Gasteiger partial charge is 0.414 e. The maximum Gasteiger partial charge on any atom is 0.277 e. The third kappa shape index (κ3) is 4.83. The minimum absolute atomic E-state index is 0. The molecular weight excluding hydrogens is 276 g/mol. The predicted octanol–water partition coefficient (Wildman–Crippen LogP) is 1.47. The first-order valence-corrected chi connectivity index (χ1v) is 6.56. The Kier molecular flexibility index (Phi) is 7.97. The van der Waals surface area contributed by atoms with Crippen LogP contribution in [0.15, 0.2) is 9.64 Å². The quantitative estimate of drug-likeness (QED) is 0.800. The molecule has 0 aromatic carbocycles. The number of hydrogen-bond donors (Lipinski definition) is 1. The number of hydrogen-bond acceptors (Lipinski definition) is 6. The first-order valence-electron chi connectivity index (χ1n) is 5.58. The van der Waals surface area contributed by atoms with E-state index in [-0.39, 0.29) is 24.4 Å². The van der Waals surface area contributed by atoms with Crippen LogP contribution in [0.1, 0.15) is 32.7 Å². The number of nitrogens with zero attached hydrogens (tertiary/aromatic N) is 3. The molecule has 1 rings (SSSR count). The highest BCUT2D eigenvalue weighted by molar-refractivity contribution is 7.99. The molecule has 0 fully saturated rings. The van der Waals surface area contributed by atoms with Crippen LogP contribution in [-0.4, -0.2) is 39.8 Å². The van der Waals surface area contributed by atoms with Gasteiger partial charge in [0, 0.05) is 13.1 Å². The van der Waals surface area contributed by atoms with Gasteiger partial charge >= 0.3 is 0 Å². The van der Waals surface area contributed by atoms with Gasteiger partial charge in [0.2, 0.25) is 11.8 Å². The van der Waals surface area contributed by atoms with Crippen molar-refractivity contribution < 1.29 is 9.21 Å². The normalized spacial score (nSPS) is 11.8. The van der Waals surface area contributed by atoms with Crippen molar-refractivity contribution in [1.82, 2.24) is 15.1 Å². The second kappa shape index (κ2) is 8.34. The van der Waals surface area contributed by atoms with Crippen molar-refractivity contribution in [1.29, 1.82) is 0 Å². The number of aromatic nitrogens is 2. The van der Waals surface area contributed by atoms with Gasteiger partial charge in [-0.25, -0.2) is 0 Å². The minimum atomic E-state index is -0.282. The minimum Gasteiger partial charge on any atom is -0.414 e. The molecule has 0 aliphatic heterocycles. The molecule has 104 valence electrons. The van der Waals surface area contributed by atoms with Crippen LogP contribution < -0.4 is 5.73 Å². The molecule has 1 aromatic heterocycles. The molecule has 0 saturated carbocycles. The Bertz CT molecular complexity index is 369. The van der Waals surface area contributed by atoms with Gasteiger partial charge < -0.3 is 15.1 Å². The SMILES string of the molecule is CCN(CC)C(=O)CSc1nnc([C@H](C)N)o1.Cl. The van der Waals surface area contributed by atoms with Crippen molar-refractivity contribution in [2.24, 2.45) is 5.73 Å². The number of amides is 1. The summed E-state index contributed by atoms with van der Waals surface area (Å²) < 4.78 is 5.29. The molecule has 6 nitrogen and oxygen atoms in total. The van der Waals surface area contributed by atoms with E-state index in [9.17, 15) is 4.79 Å². The monoisotopic (exact) mass is 294 g/mol. The van der Waals surface area contributed by atoms with Gasteiger partial charge in [0.1, 0.15) is 0 Å². The Morgan fingerprint density at radius 2 is 2.06 bits per heavy atom. The molecule has 1 aromatic rings. The lowest BCUT2D eigenvalue weighted by molar-refractivity contribution is -0.127. The van der Waals surface area contributed by atoms with Crippen LogP contribution in [0.3, 0.4) is 0 Å². The molecule has 1 atom stereocenters. The maximum absolute atomic E-state index is 11.7. The van der Waals surface area contributed by atoms with E-state index in [0.29, 0.717) is 30.0 Å².